The van der Waals surface area contributed by atoms with E-state index in [0.717, 1.165) is 11.1 Å². The molecular formula is C16H23BrN2O2S. The molecule has 0 heterocycles. The molecule has 0 aliphatic rings. The smallest absolute Gasteiger partial charge is 0.413 e. The highest BCUT2D eigenvalue weighted by Gasteiger charge is 2.17. The normalized spacial score (nSPS) is 11.1. The fourth-order valence-corrected chi connectivity index (χ4v) is 2.89. The van der Waals surface area contributed by atoms with Crippen molar-refractivity contribution in [2.45, 2.75) is 44.1 Å². The Labute approximate surface area is 145 Å². The molecule has 6 heteroatoms. The maximum absolute atomic E-state index is 11.6. The lowest BCUT2D eigenvalue weighted by atomic mass is 10.2. The molecule has 122 valence electrons. The summed E-state index contributed by atoms with van der Waals surface area (Å²) in [6, 6.07) is 7.62. The molecule has 1 rings (SSSR count). The molecule has 0 atom stereocenters. The van der Waals surface area contributed by atoms with Crippen molar-refractivity contribution in [3.8, 4) is 0 Å². The van der Waals surface area contributed by atoms with E-state index in [1.54, 1.807) is 32.5 Å². The van der Waals surface area contributed by atoms with E-state index in [-0.39, 0.29) is 5.84 Å². The van der Waals surface area contributed by atoms with Gasteiger partial charge in [0.1, 0.15) is 11.4 Å². The van der Waals surface area contributed by atoms with Gasteiger partial charge in [0, 0.05) is 15.8 Å². The van der Waals surface area contributed by atoms with Crippen LogP contribution in [0.3, 0.4) is 0 Å². The second kappa shape index (κ2) is 9.20. The number of hydrogen-bond donors (Lipinski definition) is 2. The van der Waals surface area contributed by atoms with Crippen LogP contribution in [-0.2, 0) is 4.74 Å². The molecule has 1 amide bonds. The van der Waals surface area contributed by atoms with Gasteiger partial charge in [-0.1, -0.05) is 28.1 Å². The Morgan fingerprint density at radius 3 is 2.45 bits per heavy atom. The number of benzene rings is 1. The average molecular weight is 387 g/mol. The lowest BCUT2D eigenvalue weighted by molar-refractivity contribution is 0.0563. The van der Waals surface area contributed by atoms with E-state index in [9.17, 15) is 4.79 Å². The lowest BCUT2D eigenvalue weighted by Gasteiger charge is -2.19. The molecular weight excluding hydrogens is 364 g/mol. The number of halogens is 1. The van der Waals surface area contributed by atoms with E-state index < -0.39 is 11.7 Å². The van der Waals surface area contributed by atoms with Crippen LogP contribution in [0.15, 0.2) is 29.2 Å². The molecule has 0 aliphatic carbocycles. The van der Waals surface area contributed by atoms with Crippen LogP contribution in [0.5, 0.6) is 0 Å². The van der Waals surface area contributed by atoms with Gasteiger partial charge in [-0.05, 0) is 51.5 Å². The second-order valence-electron chi connectivity index (χ2n) is 5.77. The lowest BCUT2D eigenvalue weighted by Crippen LogP contribution is -2.36. The molecule has 0 unspecified atom stereocenters. The van der Waals surface area contributed by atoms with Crippen molar-refractivity contribution in [3.63, 3.8) is 0 Å². The predicted octanol–water partition coefficient (Wildman–Crippen LogP) is 4.80. The number of hydrogen-bond acceptors (Lipinski definition) is 4. The van der Waals surface area contributed by atoms with Crippen molar-refractivity contribution in [1.82, 2.24) is 5.32 Å². The van der Waals surface area contributed by atoms with Crippen LogP contribution < -0.4 is 5.32 Å². The summed E-state index contributed by atoms with van der Waals surface area (Å²) in [7, 11) is 0. The number of alkyl carbamates (subject to hydrolysis) is 1. The highest BCUT2D eigenvalue weighted by atomic mass is 79.9. The van der Waals surface area contributed by atoms with E-state index >= 15 is 0 Å². The molecule has 0 saturated heterocycles. The molecule has 0 aromatic heterocycles. The summed E-state index contributed by atoms with van der Waals surface area (Å²) in [5, 5.41) is 11.4. The maximum atomic E-state index is 11.6. The Kier molecular flexibility index (Phi) is 7.96. The van der Waals surface area contributed by atoms with Crippen LogP contribution in [0.4, 0.5) is 4.79 Å². The quantitative estimate of drug-likeness (QED) is 0.242. The Morgan fingerprint density at radius 2 is 1.91 bits per heavy atom. The first-order valence-corrected chi connectivity index (χ1v) is 9.30. The Balaban J connectivity index is 2.48. The molecule has 0 fully saturated rings. The first kappa shape index (κ1) is 19.0. The van der Waals surface area contributed by atoms with Crippen LogP contribution in [-0.4, -0.2) is 28.6 Å². The standard InChI is InChI=1S/C16H23BrN2O2S/c1-16(2,3)21-15(20)19-14(18)12-6-8-13(9-7-12)22-11-5-4-10-17/h6-9H,4-5,10-11H2,1-3H3,(H2,18,19,20). The second-order valence-corrected chi connectivity index (χ2v) is 7.73. The Morgan fingerprint density at radius 1 is 1.27 bits per heavy atom. The minimum absolute atomic E-state index is 0.0464. The number of carbonyl (C=O) groups excluding carboxylic acids is 1. The minimum atomic E-state index is -0.606. The summed E-state index contributed by atoms with van der Waals surface area (Å²) < 4.78 is 5.13. The molecule has 0 aliphatic heterocycles. The Bertz CT molecular complexity index is 498. The molecule has 4 nitrogen and oxygen atoms in total. The predicted molar refractivity (Wildman–Crippen MR) is 96.4 cm³/mol. The SMILES string of the molecule is CC(C)(C)OC(=O)NC(=N)c1ccc(SCCCCBr)cc1. The largest absolute Gasteiger partial charge is 0.444 e. The van der Waals surface area contributed by atoms with E-state index in [1.807, 2.05) is 24.3 Å². The maximum Gasteiger partial charge on any atom is 0.413 e. The van der Waals surface area contributed by atoms with E-state index in [4.69, 9.17) is 10.1 Å². The first-order chi connectivity index (χ1) is 10.3. The summed E-state index contributed by atoms with van der Waals surface area (Å²) in [6.07, 6.45) is 1.74. The van der Waals surface area contributed by atoms with E-state index in [2.05, 4.69) is 21.2 Å². The van der Waals surface area contributed by atoms with Gasteiger partial charge in [0.05, 0.1) is 0 Å². The zero-order chi connectivity index (χ0) is 16.6. The van der Waals surface area contributed by atoms with Crippen molar-refractivity contribution in [2.75, 3.05) is 11.1 Å². The van der Waals surface area contributed by atoms with Crippen molar-refractivity contribution in [2.24, 2.45) is 0 Å². The third-order valence-corrected chi connectivity index (χ3v) is 4.22. The molecule has 0 radical (unpaired) electrons. The molecule has 1 aromatic carbocycles. The van der Waals surface area contributed by atoms with E-state index in [1.165, 1.54) is 17.7 Å². The third-order valence-electron chi connectivity index (χ3n) is 2.57. The van der Waals surface area contributed by atoms with Crippen molar-refractivity contribution < 1.29 is 9.53 Å². The van der Waals surface area contributed by atoms with Crippen LogP contribution in [0.1, 0.15) is 39.2 Å². The van der Waals surface area contributed by atoms with Crippen LogP contribution in [0.2, 0.25) is 0 Å². The summed E-state index contributed by atoms with van der Waals surface area (Å²) in [4.78, 5) is 12.8. The van der Waals surface area contributed by atoms with Crippen LogP contribution in [0.25, 0.3) is 0 Å². The number of rotatable bonds is 6. The third kappa shape index (κ3) is 7.84. The molecule has 0 spiro atoms. The van der Waals surface area contributed by atoms with Crippen molar-refractivity contribution >= 4 is 39.6 Å². The highest BCUT2D eigenvalue weighted by Crippen LogP contribution is 2.20. The summed E-state index contributed by atoms with van der Waals surface area (Å²) >= 11 is 5.22. The number of carbonyl (C=O) groups is 1. The molecule has 0 bridgehead atoms. The highest BCUT2D eigenvalue weighted by molar-refractivity contribution is 9.09. The molecule has 0 saturated carbocycles. The molecule has 2 N–H and O–H groups in total. The van der Waals surface area contributed by atoms with Crippen molar-refractivity contribution in [3.05, 3.63) is 29.8 Å². The fourth-order valence-electron chi connectivity index (χ4n) is 1.58. The Hall–Kier alpha value is -1.01. The van der Waals surface area contributed by atoms with Gasteiger partial charge in [0.15, 0.2) is 0 Å². The fraction of sp³-hybridized carbons (Fsp3) is 0.500. The van der Waals surface area contributed by atoms with Gasteiger partial charge in [-0.2, -0.15) is 0 Å². The van der Waals surface area contributed by atoms with Gasteiger partial charge >= 0.3 is 6.09 Å². The van der Waals surface area contributed by atoms with Crippen molar-refractivity contribution in [1.29, 1.82) is 5.41 Å². The van der Waals surface area contributed by atoms with Gasteiger partial charge in [-0.3, -0.25) is 10.7 Å². The van der Waals surface area contributed by atoms with E-state index in [0.29, 0.717) is 5.56 Å². The number of alkyl halides is 1. The number of nitrogens with one attached hydrogen (secondary N) is 2. The first-order valence-electron chi connectivity index (χ1n) is 7.19. The van der Waals surface area contributed by atoms with Crippen LogP contribution in [0, 0.1) is 5.41 Å². The monoisotopic (exact) mass is 386 g/mol. The topological polar surface area (TPSA) is 62.2 Å². The van der Waals surface area contributed by atoms with Crippen LogP contribution >= 0.6 is 27.7 Å². The van der Waals surface area contributed by atoms with Gasteiger partial charge in [-0.15, -0.1) is 11.8 Å². The average Bonchev–Trinajstić information content (AvgIpc) is 2.42. The van der Waals surface area contributed by atoms with Gasteiger partial charge < -0.3 is 4.74 Å². The molecule has 1 aromatic rings. The number of unbranched alkanes of at least 4 members (excludes halogenated alkanes) is 1. The minimum Gasteiger partial charge on any atom is -0.444 e. The van der Waals surface area contributed by atoms with Gasteiger partial charge in [-0.25, -0.2) is 4.79 Å². The number of ether oxygens (including phenoxy) is 1. The van der Waals surface area contributed by atoms with Gasteiger partial charge in [0.2, 0.25) is 0 Å². The summed E-state index contributed by atoms with van der Waals surface area (Å²) in [6.45, 7) is 5.37. The zero-order valence-corrected chi connectivity index (χ0v) is 15.6. The number of amidine groups is 1. The zero-order valence-electron chi connectivity index (χ0n) is 13.2. The number of amides is 1. The summed E-state index contributed by atoms with van der Waals surface area (Å²) in [5.41, 5.74) is 0.0932. The molecule has 22 heavy (non-hydrogen) atoms. The number of thioether (sulfide) groups is 1. The van der Waals surface area contributed by atoms with Gasteiger partial charge in [0.25, 0.3) is 0 Å². The summed E-state index contributed by atoms with van der Waals surface area (Å²) in [5.74, 6) is 1.13.